The molecule has 2 aliphatic heterocycles. The monoisotopic (exact) mass is 590 g/mol. The number of benzene rings is 2. The van der Waals surface area contributed by atoms with E-state index in [9.17, 15) is 23.9 Å². The third kappa shape index (κ3) is 5.84. The van der Waals surface area contributed by atoms with Crippen LogP contribution >= 0.6 is 11.3 Å². The first-order valence-corrected chi connectivity index (χ1v) is 15.6. The van der Waals surface area contributed by atoms with Crippen LogP contribution in [0.1, 0.15) is 56.9 Å². The summed E-state index contributed by atoms with van der Waals surface area (Å²) in [5, 5.41) is 10.6. The number of aromatic nitrogens is 1. The molecule has 3 aromatic rings. The molecule has 9 heteroatoms. The maximum atomic E-state index is 14.7. The fraction of sp³-hybridized carbons (Fsp3) is 0.455. The van der Waals surface area contributed by atoms with Crippen molar-refractivity contribution in [1.29, 1.82) is 0 Å². The van der Waals surface area contributed by atoms with Crippen molar-refractivity contribution in [1.82, 2.24) is 9.88 Å². The summed E-state index contributed by atoms with van der Waals surface area (Å²) in [6.45, 7) is 0.197. The van der Waals surface area contributed by atoms with Gasteiger partial charge < -0.3 is 14.7 Å². The molecule has 42 heavy (non-hydrogen) atoms. The van der Waals surface area contributed by atoms with Gasteiger partial charge in [0.25, 0.3) is 5.19 Å². The van der Waals surface area contributed by atoms with Gasteiger partial charge in [-0.1, -0.05) is 66.7 Å². The molecule has 7 nitrogen and oxygen atoms in total. The van der Waals surface area contributed by atoms with Crippen molar-refractivity contribution in [2.75, 3.05) is 6.54 Å². The number of carbonyl (C=O) groups is 3. The Kier molecular flexibility index (Phi) is 8.12. The van der Waals surface area contributed by atoms with E-state index in [4.69, 9.17) is 4.74 Å². The molecule has 1 N–H and O–H groups in total. The first-order chi connectivity index (χ1) is 20.3. The van der Waals surface area contributed by atoms with Crippen LogP contribution < -0.4 is 4.74 Å². The van der Waals surface area contributed by atoms with E-state index in [2.05, 4.69) is 4.98 Å². The molecular formula is C33H35FN2O5S. The van der Waals surface area contributed by atoms with Crippen LogP contribution in [0, 0.1) is 23.1 Å². The lowest BCUT2D eigenvalue weighted by molar-refractivity contribution is -0.147. The van der Waals surface area contributed by atoms with Gasteiger partial charge in [-0.25, -0.2) is 9.37 Å². The van der Waals surface area contributed by atoms with Crippen molar-refractivity contribution in [3.05, 3.63) is 72.1 Å². The van der Waals surface area contributed by atoms with Crippen molar-refractivity contribution >= 4 is 39.2 Å². The number of hydrogen-bond acceptors (Lipinski definition) is 6. The molecule has 3 heterocycles. The van der Waals surface area contributed by atoms with Gasteiger partial charge in [-0.15, -0.1) is 0 Å². The van der Waals surface area contributed by atoms with E-state index in [1.165, 1.54) is 17.4 Å². The van der Waals surface area contributed by atoms with Crippen molar-refractivity contribution in [2.45, 2.75) is 69.9 Å². The van der Waals surface area contributed by atoms with Gasteiger partial charge in [0.1, 0.15) is 11.9 Å². The van der Waals surface area contributed by atoms with Gasteiger partial charge in [0.2, 0.25) is 5.91 Å². The second-order valence-corrected chi connectivity index (χ2v) is 12.9. The summed E-state index contributed by atoms with van der Waals surface area (Å²) >= 11 is 1.41. The number of rotatable bonds is 5. The van der Waals surface area contributed by atoms with Crippen molar-refractivity contribution in [2.24, 2.45) is 17.3 Å². The van der Waals surface area contributed by atoms with Gasteiger partial charge in [-0.2, -0.15) is 0 Å². The molecule has 1 saturated carbocycles. The topological polar surface area (TPSA) is 96.8 Å². The maximum absolute atomic E-state index is 14.7. The number of carboxylic acid groups (broad SMARTS) is 1. The summed E-state index contributed by atoms with van der Waals surface area (Å²) in [4.78, 5) is 46.6. The Bertz CT molecular complexity index is 1490. The average Bonchev–Trinajstić information content (AvgIpc) is 3.29. The Morgan fingerprint density at radius 2 is 1.93 bits per heavy atom. The number of carbonyl (C=O) groups excluding carboxylic acids is 2. The fourth-order valence-electron chi connectivity index (χ4n) is 6.58. The number of halogens is 1. The van der Waals surface area contributed by atoms with Gasteiger partial charge in [-0.05, 0) is 61.8 Å². The number of nitrogens with zero attached hydrogens (tertiary/aromatic N) is 2. The van der Waals surface area contributed by atoms with Crippen LogP contribution in [-0.2, 0) is 20.8 Å². The Balaban J connectivity index is 1.29. The lowest BCUT2D eigenvalue weighted by Gasteiger charge is -2.29. The zero-order chi connectivity index (χ0) is 29.3. The summed E-state index contributed by atoms with van der Waals surface area (Å²) in [6.07, 6.45) is 8.38. The summed E-state index contributed by atoms with van der Waals surface area (Å²) in [5.41, 5.74) is 0.173. The molecule has 1 aliphatic carbocycles. The second kappa shape index (κ2) is 12.0. The zero-order valence-electron chi connectivity index (χ0n) is 23.4. The molecule has 1 saturated heterocycles. The zero-order valence-corrected chi connectivity index (χ0v) is 24.2. The van der Waals surface area contributed by atoms with E-state index < -0.39 is 29.4 Å². The smallest absolute Gasteiger partial charge is 0.310 e. The number of ether oxygens (including phenoxy) is 1. The first kappa shape index (κ1) is 28.5. The number of amides is 1. The Hall–Kier alpha value is -3.59. The minimum absolute atomic E-state index is 0.127. The molecule has 220 valence electrons. The fourth-order valence-corrected chi connectivity index (χ4v) is 7.46. The Morgan fingerprint density at radius 1 is 1.12 bits per heavy atom. The number of fused-ring (bicyclic) bond motifs is 3. The lowest BCUT2D eigenvalue weighted by atomic mass is 9.90. The molecule has 5 atom stereocenters. The van der Waals surface area contributed by atoms with E-state index in [0.717, 1.165) is 35.9 Å². The minimum atomic E-state index is -1.12. The molecule has 0 radical (unpaired) electrons. The number of hydrogen-bond donors (Lipinski definition) is 1. The number of thiazole rings is 1. The van der Waals surface area contributed by atoms with Gasteiger partial charge >= 0.3 is 5.97 Å². The Morgan fingerprint density at radius 3 is 2.74 bits per heavy atom. The molecular weight excluding hydrogens is 555 g/mol. The minimum Gasteiger partial charge on any atom is -0.481 e. The van der Waals surface area contributed by atoms with Crippen LogP contribution in [0.3, 0.4) is 0 Å². The van der Waals surface area contributed by atoms with Gasteiger partial charge in [0.05, 0.1) is 28.2 Å². The summed E-state index contributed by atoms with van der Waals surface area (Å²) in [7, 11) is 0. The predicted octanol–water partition coefficient (Wildman–Crippen LogP) is 6.21. The average molecular weight is 591 g/mol. The number of ketones is 1. The second-order valence-electron chi connectivity index (χ2n) is 11.9. The van der Waals surface area contributed by atoms with E-state index in [1.807, 2.05) is 36.4 Å². The summed E-state index contributed by atoms with van der Waals surface area (Å²) < 4.78 is 21.9. The molecule has 0 spiro atoms. The number of allylic oxidation sites excluding steroid dienone is 2. The standard InChI is InChI=1S/C33H35FN2O5S/c34-25-13-7-6-10-21(25)16-22-11-4-2-1-3-5-12-23-18-33(23,31(39)40)19-28(37)27-17-24(20-36(27)30(22)38)41-32-35-26-14-8-9-15-29(26)42-32/h5-10,12-15,22-24,27H,1-4,11,16-20H2,(H,39,40)/b12-5-/t22-,23+,24-,27+,33-/m1/s1. The van der Waals surface area contributed by atoms with Gasteiger partial charge in [-0.3, -0.25) is 14.4 Å². The highest BCUT2D eigenvalue weighted by Crippen LogP contribution is 2.57. The summed E-state index contributed by atoms with van der Waals surface area (Å²) in [5.74, 6) is -2.45. The van der Waals surface area contributed by atoms with Crippen LogP contribution in [0.2, 0.25) is 0 Å². The number of Topliss-reactive ketones (excluding diaryl/α,β-unsaturated/α-hetero) is 1. The van der Waals surface area contributed by atoms with Crippen LogP contribution in [0.4, 0.5) is 4.39 Å². The van der Waals surface area contributed by atoms with E-state index in [1.54, 1.807) is 23.1 Å². The Labute approximate surface area is 248 Å². The molecule has 2 aromatic carbocycles. The van der Waals surface area contributed by atoms with Gasteiger partial charge in [0, 0.05) is 18.8 Å². The quantitative estimate of drug-likeness (QED) is 0.355. The lowest BCUT2D eigenvalue weighted by Crippen LogP contribution is -2.45. The largest absolute Gasteiger partial charge is 0.481 e. The number of aliphatic carboxylic acids is 1. The number of carboxylic acids is 1. The molecule has 3 aliphatic rings. The molecule has 0 unspecified atom stereocenters. The van der Waals surface area contributed by atoms with Crippen LogP contribution in [0.25, 0.3) is 10.2 Å². The van der Waals surface area contributed by atoms with Crippen molar-refractivity contribution < 1.29 is 28.6 Å². The normalized spacial score (nSPS) is 29.3. The van der Waals surface area contributed by atoms with E-state index in [0.29, 0.717) is 23.6 Å². The van der Waals surface area contributed by atoms with Crippen molar-refractivity contribution in [3.63, 3.8) is 0 Å². The molecule has 0 bridgehead atoms. The highest BCUT2D eigenvalue weighted by molar-refractivity contribution is 7.20. The van der Waals surface area contributed by atoms with E-state index in [-0.39, 0.29) is 49.2 Å². The van der Waals surface area contributed by atoms with Crippen LogP contribution in [-0.4, -0.2) is 51.3 Å². The first-order valence-electron chi connectivity index (χ1n) is 14.8. The van der Waals surface area contributed by atoms with Crippen molar-refractivity contribution in [3.8, 4) is 5.19 Å². The molecule has 2 fully saturated rings. The third-order valence-corrected chi connectivity index (χ3v) is 10.0. The van der Waals surface area contributed by atoms with Crippen LogP contribution in [0.5, 0.6) is 5.19 Å². The molecule has 1 amide bonds. The van der Waals surface area contributed by atoms with Crippen LogP contribution in [0.15, 0.2) is 60.7 Å². The third-order valence-electron chi connectivity index (χ3n) is 9.07. The SMILES string of the molecule is O=C1C[C@]2(C(=O)O)C[C@@H]2/C=C\CCCCC[C@H](Cc2ccccc2F)C(=O)N2C[C@H](Oc3nc4ccccc4s3)C[C@@H]12. The highest BCUT2D eigenvalue weighted by atomic mass is 32.1. The predicted molar refractivity (Wildman–Crippen MR) is 158 cm³/mol. The summed E-state index contributed by atoms with van der Waals surface area (Å²) in [6, 6.07) is 13.4. The number of para-hydroxylation sites is 1. The maximum Gasteiger partial charge on any atom is 0.310 e. The molecule has 1 aromatic heterocycles. The highest BCUT2D eigenvalue weighted by Gasteiger charge is 2.61. The van der Waals surface area contributed by atoms with Gasteiger partial charge in [0.15, 0.2) is 5.78 Å². The van der Waals surface area contributed by atoms with E-state index >= 15 is 0 Å². The molecule has 6 rings (SSSR count).